The SMILES string of the molecule is O=C(CN1CCOCC1)NCC[C@@H]1CC[C@H](NC(=O)c2ccc3c(c2)OCO3)[C@@H](CO)O1. The van der Waals surface area contributed by atoms with Crippen LogP contribution >= 0.6 is 0 Å². The number of fused-ring (bicyclic) bond motifs is 1. The lowest BCUT2D eigenvalue weighted by molar-refractivity contribution is -0.123. The second-order valence-corrected chi connectivity index (χ2v) is 8.23. The summed E-state index contributed by atoms with van der Waals surface area (Å²) in [5, 5.41) is 15.7. The summed E-state index contributed by atoms with van der Waals surface area (Å²) < 4.78 is 21.9. The fourth-order valence-corrected chi connectivity index (χ4v) is 4.19. The van der Waals surface area contributed by atoms with Crippen LogP contribution in [0.5, 0.6) is 11.5 Å². The van der Waals surface area contributed by atoms with Crippen molar-refractivity contribution in [3.8, 4) is 11.5 Å². The molecule has 3 heterocycles. The fourth-order valence-electron chi connectivity index (χ4n) is 4.19. The molecular weight excluding hydrogens is 418 g/mol. The molecule has 4 rings (SSSR count). The molecule has 1 aromatic carbocycles. The zero-order chi connectivity index (χ0) is 22.3. The van der Waals surface area contributed by atoms with Crippen molar-refractivity contribution in [3.05, 3.63) is 23.8 Å². The Balaban J connectivity index is 1.19. The summed E-state index contributed by atoms with van der Waals surface area (Å²) in [6.45, 7) is 3.73. The molecule has 0 aliphatic carbocycles. The van der Waals surface area contributed by atoms with Gasteiger partial charge in [-0.2, -0.15) is 0 Å². The highest BCUT2D eigenvalue weighted by atomic mass is 16.7. The Labute approximate surface area is 187 Å². The van der Waals surface area contributed by atoms with Crippen molar-refractivity contribution in [2.75, 3.05) is 52.8 Å². The molecule has 1 aromatic rings. The Morgan fingerprint density at radius 3 is 2.75 bits per heavy atom. The molecule has 3 atom stereocenters. The zero-order valence-electron chi connectivity index (χ0n) is 18.1. The Kier molecular flexibility index (Phi) is 7.80. The summed E-state index contributed by atoms with van der Waals surface area (Å²) in [6, 6.07) is 4.76. The van der Waals surface area contributed by atoms with Crippen molar-refractivity contribution < 1.29 is 33.6 Å². The van der Waals surface area contributed by atoms with Gasteiger partial charge in [0.05, 0.1) is 38.5 Å². The molecule has 3 aliphatic rings. The molecule has 2 fully saturated rings. The molecule has 0 spiro atoms. The van der Waals surface area contributed by atoms with Crippen LogP contribution in [0.4, 0.5) is 0 Å². The van der Waals surface area contributed by atoms with Gasteiger partial charge >= 0.3 is 0 Å². The van der Waals surface area contributed by atoms with Crippen molar-refractivity contribution in [1.29, 1.82) is 0 Å². The summed E-state index contributed by atoms with van der Waals surface area (Å²) >= 11 is 0. The highest BCUT2D eigenvalue weighted by molar-refractivity contribution is 5.95. The topological polar surface area (TPSA) is 119 Å². The standard InChI is InChI=1S/C22H31N3O7/c26-13-20-17(24-22(28)15-1-4-18-19(11-15)31-14-30-18)3-2-16(32-20)5-6-23-21(27)12-25-7-9-29-10-8-25/h1,4,11,16-17,20,26H,2-3,5-10,12-14H2,(H,23,27)(H,24,28)/t16-,17-,20+/m0/s1. The quantitative estimate of drug-likeness (QED) is 0.503. The normalized spacial score (nSPS) is 25.3. The maximum Gasteiger partial charge on any atom is 0.251 e. The number of nitrogens with zero attached hydrogens (tertiary/aromatic N) is 1. The van der Waals surface area contributed by atoms with E-state index >= 15 is 0 Å². The molecule has 0 aromatic heterocycles. The second-order valence-electron chi connectivity index (χ2n) is 8.23. The number of hydrogen-bond donors (Lipinski definition) is 3. The highest BCUT2D eigenvalue weighted by Gasteiger charge is 2.32. The number of aliphatic hydroxyl groups is 1. The van der Waals surface area contributed by atoms with E-state index < -0.39 is 6.10 Å². The Bertz CT molecular complexity index is 800. The van der Waals surface area contributed by atoms with Gasteiger partial charge in [0.1, 0.15) is 6.10 Å². The van der Waals surface area contributed by atoms with Crippen LogP contribution in [-0.2, 0) is 14.3 Å². The number of benzene rings is 1. The van der Waals surface area contributed by atoms with Crippen LogP contribution in [0.3, 0.4) is 0 Å². The van der Waals surface area contributed by atoms with Crippen molar-refractivity contribution in [1.82, 2.24) is 15.5 Å². The first-order valence-corrected chi connectivity index (χ1v) is 11.2. The van der Waals surface area contributed by atoms with Crippen LogP contribution < -0.4 is 20.1 Å². The van der Waals surface area contributed by atoms with Crippen molar-refractivity contribution in [2.24, 2.45) is 0 Å². The van der Waals surface area contributed by atoms with E-state index in [0.29, 0.717) is 56.2 Å². The number of amides is 2. The van der Waals surface area contributed by atoms with E-state index in [-0.39, 0.29) is 37.4 Å². The average Bonchev–Trinajstić information content (AvgIpc) is 3.28. The molecule has 3 N–H and O–H groups in total. The van der Waals surface area contributed by atoms with Crippen LogP contribution in [0, 0.1) is 0 Å². The first-order chi connectivity index (χ1) is 15.6. The van der Waals surface area contributed by atoms with Crippen molar-refractivity contribution >= 4 is 11.8 Å². The number of nitrogens with one attached hydrogen (secondary N) is 2. The first-order valence-electron chi connectivity index (χ1n) is 11.2. The van der Waals surface area contributed by atoms with E-state index in [2.05, 4.69) is 15.5 Å². The molecule has 3 aliphatic heterocycles. The van der Waals surface area contributed by atoms with Gasteiger partial charge in [0.25, 0.3) is 5.91 Å². The summed E-state index contributed by atoms with van der Waals surface area (Å²) in [6.07, 6.45) is 1.52. The van der Waals surface area contributed by atoms with Gasteiger partial charge in [0.15, 0.2) is 11.5 Å². The van der Waals surface area contributed by atoms with Gasteiger partial charge in [-0.25, -0.2) is 0 Å². The van der Waals surface area contributed by atoms with Gasteiger partial charge in [-0.15, -0.1) is 0 Å². The van der Waals surface area contributed by atoms with Gasteiger partial charge in [0.2, 0.25) is 12.7 Å². The van der Waals surface area contributed by atoms with Gasteiger partial charge in [-0.05, 0) is 37.5 Å². The fraction of sp³-hybridized carbons (Fsp3) is 0.636. The van der Waals surface area contributed by atoms with Crippen molar-refractivity contribution in [2.45, 2.75) is 37.5 Å². The van der Waals surface area contributed by atoms with Crippen LogP contribution in [0.25, 0.3) is 0 Å². The molecule has 2 amide bonds. The minimum Gasteiger partial charge on any atom is -0.454 e. The minimum absolute atomic E-state index is 0.00437. The van der Waals surface area contributed by atoms with Gasteiger partial charge < -0.3 is 34.7 Å². The Hall–Kier alpha value is -2.40. The predicted molar refractivity (Wildman–Crippen MR) is 114 cm³/mol. The van der Waals surface area contributed by atoms with Gasteiger partial charge in [-0.1, -0.05) is 0 Å². The molecule has 0 radical (unpaired) electrons. The third-order valence-electron chi connectivity index (χ3n) is 6.01. The monoisotopic (exact) mass is 449 g/mol. The molecule has 2 saturated heterocycles. The van der Waals surface area contributed by atoms with Gasteiger partial charge in [0, 0.05) is 25.2 Å². The maximum atomic E-state index is 12.7. The van der Waals surface area contributed by atoms with Crippen molar-refractivity contribution in [3.63, 3.8) is 0 Å². The molecule has 10 heteroatoms. The lowest BCUT2D eigenvalue weighted by atomic mass is 9.96. The molecular formula is C22H31N3O7. The molecule has 32 heavy (non-hydrogen) atoms. The van der Waals surface area contributed by atoms with E-state index in [0.717, 1.165) is 19.5 Å². The molecule has 0 unspecified atom stereocenters. The van der Waals surface area contributed by atoms with Crippen LogP contribution in [0.1, 0.15) is 29.6 Å². The van der Waals surface area contributed by atoms with E-state index in [1.807, 2.05) is 0 Å². The maximum absolute atomic E-state index is 12.7. The Morgan fingerprint density at radius 1 is 1.12 bits per heavy atom. The number of hydrogen-bond acceptors (Lipinski definition) is 8. The smallest absolute Gasteiger partial charge is 0.251 e. The zero-order valence-corrected chi connectivity index (χ0v) is 18.1. The Morgan fingerprint density at radius 2 is 1.94 bits per heavy atom. The number of carbonyl (C=O) groups excluding carboxylic acids is 2. The minimum atomic E-state index is -0.490. The van der Waals surface area contributed by atoms with Crippen LogP contribution in [-0.4, -0.2) is 92.9 Å². The predicted octanol–water partition coefficient (Wildman–Crippen LogP) is -0.108. The highest BCUT2D eigenvalue weighted by Crippen LogP contribution is 2.32. The van der Waals surface area contributed by atoms with E-state index in [4.69, 9.17) is 18.9 Å². The largest absolute Gasteiger partial charge is 0.454 e. The number of morpholine rings is 1. The summed E-state index contributed by atoms with van der Waals surface area (Å²) in [5.41, 5.74) is 0.469. The lowest BCUT2D eigenvalue weighted by Crippen LogP contribution is -2.51. The molecule has 176 valence electrons. The first kappa shape index (κ1) is 22.8. The summed E-state index contributed by atoms with van der Waals surface area (Å²) in [4.78, 5) is 26.9. The molecule has 0 saturated carbocycles. The van der Waals surface area contributed by atoms with Crippen LogP contribution in [0.15, 0.2) is 18.2 Å². The lowest BCUT2D eigenvalue weighted by Gasteiger charge is -2.36. The van der Waals surface area contributed by atoms with Crippen LogP contribution in [0.2, 0.25) is 0 Å². The average molecular weight is 450 g/mol. The van der Waals surface area contributed by atoms with E-state index in [1.165, 1.54) is 0 Å². The molecule has 0 bridgehead atoms. The summed E-state index contributed by atoms with van der Waals surface area (Å²) in [5.74, 6) is 0.919. The third-order valence-corrected chi connectivity index (χ3v) is 6.01. The third kappa shape index (κ3) is 5.89. The second kappa shape index (κ2) is 11.0. The summed E-state index contributed by atoms with van der Waals surface area (Å²) in [7, 11) is 0. The van der Waals surface area contributed by atoms with Gasteiger partial charge in [-0.3, -0.25) is 14.5 Å². The van der Waals surface area contributed by atoms with E-state index in [1.54, 1.807) is 18.2 Å². The number of rotatable bonds is 8. The molecule has 10 nitrogen and oxygen atoms in total. The number of ether oxygens (including phenoxy) is 4. The number of aliphatic hydroxyl groups excluding tert-OH is 1. The van der Waals surface area contributed by atoms with E-state index in [9.17, 15) is 14.7 Å². The number of carbonyl (C=O) groups is 2.